The molecule has 2 aromatic carbocycles. The zero-order chi connectivity index (χ0) is 27.5. The smallest absolute Gasteiger partial charge is 0.418 e. The third-order valence-electron chi connectivity index (χ3n) is 7.26. The fourth-order valence-electron chi connectivity index (χ4n) is 5.05. The van der Waals surface area contributed by atoms with Crippen molar-refractivity contribution in [2.75, 3.05) is 0 Å². The first-order valence-electron chi connectivity index (χ1n) is 12.2. The summed E-state index contributed by atoms with van der Waals surface area (Å²) in [6.07, 6.45) is -0.646. The van der Waals surface area contributed by atoms with Crippen LogP contribution in [-0.2, 0) is 39.7 Å². The van der Waals surface area contributed by atoms with Crippen molar-refractivity contribution in [1.29, 1.82) is 10.5 Å². The Morgan fingerprint density at radius 2 is 1.05 bits per heavy atom. The Hall–Kier alpha value is -4.38. The third-order valence-corrected chi connectivity index (χ3v) is 7.26. The second kappa shape index (κ2) is 10.5. The van der Waals surface area contributed by atoms with E-state index in [0.29, 0.717) is 47.9 Å². The number of ketones is 2. The van der Waals surface area contributed by atoms with Crippen LogP contribution in [0.3, 0.4) is 0 Å². The average Bonchev–Trinajstić information content (AvgIpc) is 2.93. The van der Waals surface area contributed by atoms with Gasteiger partial charge in [-0.25, -0.2) is 9.59 Å². The number of hydrogen-bond donors (Lipinski definition) is 2. The van der Waals surface area contributed by atoms with Gasteiger partial charge >= 0.3 is 11.9 Å². The van der Waals surface area contributed by atoms with Crippen LogP contribution in [0, 0.1) is 22.7 Å². The van der Waals surface area contributed by atoms with Gasteiger partial charge in [0.15, 0.2) is 23.8 Å². The minimum absolute atomic E-state index is 0.181. The van der Waals surface area contributed by atoms with Crippen molar-refractivity contribution in [3.63, 3.8) is 0 Å². The van der Waals surface area contributed by atoms with Crippen LogP contribution in [0.1, 0.15) is 60.8 Å². The number of esters is 2. The maximum atomic E-state index is 13.2. The maximum absolute atomic E-state index is 13.2. The lowest BCUT2D eigenvalue weighted by Crippen LogP contribution is -2.55. The van der Waals surface area contributed by atoms with E-state index in [2.05, 4.69) is 0 Å². The fourth-order valence-corrected chi connectivity index (χ4v) is 5.05. The van der Waals surface area contributed by atoms with Gasteiger partial charge in [0.05, 0.1) is 23.3 Å². The minimum atomic E-state index is -1.44. The zero-order valence-electron chi connectivity index (χ0n) is 20.5. The molecule has 0 aromatic heterocycles. The molecule has 2 saturated carbocycles. The standard InChI is InChI=1S/C28H26N4O6/c29-15-17-5-9-19(10-6-17)27(31)13-1-3-21(23(27)33)37-25(35)26(36)38-22-4-2-14-28(32,24(22)34)20-11-7-18(16-30)8-12-20/h5-12,21-22H,1-4,13-14,31-32H2. The van der Waals surface area contributed by atoms with E-state index in [1.807, 2.05) is 12.1 Å². The number of ether oxygens (including phenoxy) is 2. The first-order chi connectivity index (χ1) is 18.1. The van der Waals surface area contributed by atoms with Crippen molar-refractivity contribution in [2.24, 2.45) is 11.5 Å². The molecule has 194 valence electrons. The monoisotopic (exact) mass is 514 g/mol. The highest BCUT2D eigenvalue weighted by molar-refractivity contribution is 6.30. The highest BCUT2D eigenvalue weighted by Gasteiger charge is 2.47. The van der Waals surface area contributed by atoms with Crippen LogP contribution < -0.4 is 11.5 Å². The van der Waals surface area contributed by atoms with Crippen molar-refractivity contribution in [1.82, 2.24) is 0 Å². The number of hydrogen-bond acceptors (Lipinski definition) is 10. The number of Topliss-reactive ketones (excluding diaryl/α,β-unsaturated/α-hetero) is 2. The molecule has 0 amide bonds. The topological polar surface area (TPSA) is 186 Å². The van der Waals surface area contributed by atoms with Crippen LogP contribution in [0.15, 0.2) is 48.5 Å². The Labute approximate surface area is 219 Å². The lowest BCUT2D eigenvalue weighted by Gasteiger charge is -2.37. The number of nitrogens with zero attached hydrogens (tertiary/aromatic N) is 2. The van der Waals surface area contributed by atoms with Gasteiger partial charge < -0.3 is 20.9 Å². The largest absolute Gasteiger partial charge is 0.446 e. The Morgan fingerprint density at radius 3 is 1.37 bits per heavy atom. The van der Waals surface area contributed by atoms with E-state index < -0.39 is 46.8 Å². The molecule has 38 heavy (non-hydrogen) atoms. The molecule has 10 nitrogen and oxygen atoms in total. The summed E-state index contributed by atoms with van der Waals surface area (Å²) < 4.78 is 10.4. The number of nitriles is 2. The number of carbonyl (C=O) groups is 4. The normalized spacial score (nSPS) is 27.1. The van der Waals surface area contributed by atoms with Crippen LogP contribution >= 0.6 is 0 Å². The van der Waals surface area contributed by atoms with Crippen LogP contribution in [0.25, 0.3) is 0 Å². The number of carbonyl (C=O) groups excluding carboxylic acids is 4. The van der Waals surface area contributed by atoms with E-state index in [4.69, 9.17) is 31.5 Å². The van der Waals surface area contributed by atoms with Crippen molar-refractivity contribution >= 4 is 23.5 Å². The molecule has 2 aliphatic rings. The van der Waals surface area contributed by atoms with E-state index in [-0.39, 0.29) is 12.8 Å². The SMILES string of the molecule is N#Cc1ccc(C2(N)CCCC(OC(=O)C(=O)OC3CCCC(N)(c4ccc(C#N)cc4)C3=O)C2=O)cc1. The molecule has 4 N–H and O–H groups in total. The number of nitrogens with two attached hydrogens (primary N) is 2. The Kier molecular flexibility index (Phi) is 7.40. The molecule has 0 bridgehead atoms. The molecule has 2 aromatic rings. The molecule has 0 saturated heterocycles. The van der Waals surface area contributed by atoms with Crippen LogP contribution in [0.4, 0.5) is 0 Å². The highest BCUT2D eigenvalue weighted by Crippen LogP contribution is 2.35. The average molecular weight is 515 g/mol. The van der Waals surface area contributed by atoms with Gasteiger partial charge in [-0.05, 0) is 73.9 Å². The Morgan fingerprint density at radius 1 is 0.711 bits per heavy atom. The maximum Gasteiger partial charge on any atom is 0.418 e. The highest BCUT2D eigenvalue weighted by atomic mass is 16.6. The van der Waals surface area contributed by atoms with Gasteiger partial charge in [-0.3, -0.25) is 9.59 Å². The summed E-state index contributed by atoms with van der Waals surface area (Å²) in [5.41, 5.74) is 11.7. The van der Waals surface area contributed by atoms with Gasteiger partial charge in [-0.15, -0.1) is 0 Å². The molecule has 0 spiro atoms. The fraction of sp³-hybridized carbons (Fsp3) is 0.357. The van der Waals surface area contributed by atoms with Gasteiger partial charge in [0, 0.05) is 0 Å². The van der Waals surface area contributed by atoms with E-state index in [0.717, 1.165) is 0 Å². The second-order valence-corrected chi connectivity index (χ2v) is 9.62. The van der Waals surface area contributed by atoms with Crippen molar-refractivity contribution in [2.45, 2.75) is 61.8 Å². The van der Waals surface area contributed by atoms with Crippen LogP contribution in [0.2, 0.25) is 0 Å². The summed E-state index contributed by atoms with van der Waals surface area (Å²) >= 11 is 0. The van der Waals surface area contributed by atoms with Crippen molar-refractivity contribution in [3.05, 3.63) is 70.8 Å². The molecular formula is C28H26N4O6. The molecule has 10 heteroatoms. The second-order valence-electron chi connectivity index (χ2n) is 9.62. The van der Waals surface area contributed by atoms with E-state index in [1.54, 1.807) is 48.5 Å². The molecule has 0 aliphatic heterocycles. The summed E-state index contributed by atoms with van der Waals surface area (Å²) in [5, 5.41) is 18.0. The van der Waals surface area contributed by atoms with E-state index in [1.165, 1.54) is 0 Å². The first-order valence-corrected chi connectivity index (χ1v) is 12.2. The molecule has 4 rings (SSSR count). The minimum Gasteiger partial charge on any atom is -0.446 e. The molecular weight excluding hydrogens is 488 g/mol. The summed E-state index contributed by atoms with van der Waals surface area (Å²) in [6, 6.07) is 16.5. The zero-order valence-corrected chi connectivity index (χ0v) is 20.5. The molecule has 4 atom stereocenters. The number of benzene rings is 2. The summed E-state index contributed by atoms with van der Waals surface area (Å²) in [5.74, 6) is -3.92. The van der Waals surface area contributed by atoms with Gasteiger partial charge in [0.2, 0.25) is 0 Å². The lowest BCUT2D eigenvalue weighted by atomic mass is 9.75. The first kappa shape index (κ1) is 26.7. The quantitative estimate of drug-likeness (QED) is 0.450. The molecule has 2 aliphatic carbocycles. The van der Waals surface area contributed by atoms with Gasteiger partial charge in [0.1, 0.15) is 11.1 Å². The molecule has 0 heterocycles. The van der Waals surface area contributed by atoms with Crippen molar-refractivity contribution < 1.29 is 28.7 Å². The van der Waals surface area contributed by atoms with Crippen LogP contribution in [0.5, 0.6) is 0 Å². The predicted molar refractivity (Wildman–Crippen MR) is 132 cm³/mol. The van der Waals surface area contributed by atoms with E-state index >= 15 is 0 Å². The summed E-state index contributed by atoms with van der Waals surface area (Å²) in [4.78, 5) is 51.5. The van der Waals surface area contributed by atoms with Gasteiger partial charge in [-0.2, -0.15) is 10.5 Å². The van der Waals surface area contributed by atoms with Gasteiger partial charge in [-0.1, -0.05) is 24.3 Å². The summed E-state index contributed by atoms with van der Waals surface area (Å²) in [7, 11) is 0. The number of rotatable bonds is 4. The van der Waals surface area contributed by atoms with E-state index in [9.17, 15) is 19.2 Å². The van der Waals surface area contributed by atoms with Crippen LogP contribution in [-0.4, -0.2) is 35.7 Å². The predicted octanol–water partition coefficient (Wildman–Crippen LogP) is 1.77. The van der Waals surface area contributed by atoms with Crippen molar-refractivity contribution in [3.8, 4) is 12.1 Å². The summed E-state index contributed by atoms with van der Waals surface area (Å²) in [6.45, 7) is 0. The molecule has 0 radical (unpaired) electrons. The molecule has 2 fully saturated rings. The van der Waals surface area contributed by atoms with Gasteiger partial charge in [0.25, 0.3) is 0 Å². The lowest BCUT2D eigenvalue weighted by molar-refractivity contribution is -0.179. The Bertz CT molecular complexity index is 1250. The Balaban J connectivity index is 1.42. The third kappa shape index (κ3) is 4.92. The molecule has 4 unspecified atom stereocenters.